The Morgan fingerprint density at radius 2 is 1.38 bits per heavy atom. The highest BCUT2D eigenvalue weighted by molar-refractivity contribution is 5.96. The molecule has 2 rings (SSSR count). The zero-order chi connectivity index (χ0) is 19.7. The predicted octanol–water partition coefficient (Wildman–Crippen LogP) is 0.675. The number of amides is 1. The number of aliphatic hydroxyl groups excluding tert-OH is 2. The number of benzene rings is 2. The van der Waals surface area contributed by atoms with Gasteiger partial charge in [-0.15, -0.1) is 0 Å². The van der Waals surface area contributed by atoms with Crippen molar-refractivity contribution in [3.05, 3.63) is 58.7 Å². The van der Waals surface area contributed by atoms with E-state index < -0.39 is 11.9 Å². The minimum atomic E-state index is -0.790. The maximum absolute atomic E-state index is 11.0. The molecule has 0 fully saturated rings. The van der Waals surface area contributed by atoms with Gasteiger partial charge in [0.2, 0.25) is 0 Å². The number of ether oxygens (including phenoxy) is 1. The van der Waals surface area contributed by atoms with Gasteiger partial charge in [0.25, 0.3) is 5.91 Å². The van der Waals surface area contributed by atoms with Crippen molar-refractivity contribution in [2.45, 2.75) is 13.2 Å². The van der Waals surface area contributed by atoms with Gasteiger partial charge in [0.15, 0.2) is 0 Å². The molecule has 9 nitrogen and oxygen atoms in total. The van der Waals surface area contributed by atoms with Crippen LogP contribution in [0.3, 0.4) is 0 Å². The summed E-state index contributed by atoms with van der Waals surface area (Å²) in [6.07, 6.45) is 0. The average Bonchev–Trinajstić information content (AvgIpc) is 2.66. The van der Waals surface area contributed by atoms with E-state index in [4.69, 9.17) is 15.4 Å². The minimum Gasteiger partial charge on any atom is -0.507 e. The van der Waals surface area contributed by atoms with E-state index in [9.17, 15) is 19.8 Å². The first kappa shape index (κ1) is 20.9. The van der Waals surface area contributed by atoms with E-state index >= 15 is 0 Å². The molecule has 0 saturated carbocycles. The fourth-order valence-electron chi connectivity index (χ4n) is 1.89. The molecular formula is C17H19NO8. The monoisotopic (exact) mass is 365 g/mol. The van der Waals surface area contributed by atoms with Gasteiger partial charge in [-0.3, -0.25) is 10.0 Å². The van der Waals surface area contributed by atoms with E-state index in [1.165, 1.54) is 42.9 Å². The number of aromatic hydroxyl groups is 2. The van der Waals surface area contributed by atoms with Gasteiger partial charge in [0, 0.05) is 0 Å². The molecule has 0 bridgehead atoms. The highest BCUT2D eigenvalue weighted by Crippen LogP contribution is 2.19. The van der Waals surface area contributed by atoms with Crippen LogP contribution in [-0.2, 0) is 18.0 Å². The molecule has 0 saturated heterocycles. The van der Waals surface area contributed by atoms with Crippen molar-refractivity contribution >= 4 is 11.9 Å². The maximum Gasteiger partial charge on any atom is 0.341 e. The topological polar surface area (TPSA) is 157 Å². The summed E-state index contributed by atoms with van der Waals surface area (Å²) >= 11 is 0. The largest absolute Gasteiger partial charge is 0.507 e. The van der Waals surface area contributed by atoms with Gasteiger partial charge in [-0.1, -0.05) is 12.1 Å². The molecule has 2 aromatic carbocycles. The Balaban J connectivity index is 0.000000260. The van der Waals surface area contributed by atoms with Gasteiger partial charge in [-0.25, -0.2) is 10.3 Å². The number of hydroxylamine groups is 1. The number of carbonyl (C=O) groups excluding carboxylic acids is 2. The van der Waals surface area contributed by atoms with Crippen LogP contribution in [0.15, 0.2) is 36.4 Å². The smallest absolute Gasteiger partial charge is 0.341 e. The molecule has 0 unspecified atom stereocenters. The van der Waals surface area contributed by atoms with Crippen LogP contribution in [0, 0.1) is 0 Å². The van der Waals surface area contributed by atoms with Crippen LogP contribution >= 0.6 is 0 Å². The van der Waals surface area contributed by atoms with E-state index in [1.807, 2.05) is 0 Å². The fraction of sp³-hybridized carbons (Fsp3) is 0.176. The van der Waals surface area contributed by atoms with E-state index in [-0.39, 0.29) is 35.8 Å². The van der Waals surface area contributed by atoms with Crippen LogP contribution in [0.5, 0.6) is 11.5 Å². The number of carbonyl (C=O) groups is 2. The molecule has 0 aliphatic carbocycles. The number of methoxy groups -OCH3 is 1. The first-order valence-corrected chi connectivity index (χ1v) is 7.26. The van der Waals surface area contributed by atoms with Crippen LogP contribution in [0.4, 0.5) is 0 Å². The van der Waals surface area contributed by atoms with Gasteiger partial charge in [-0.05, 0) is 35.4 Å². The second-order valence-electron chi connectivity index (χ2n) is 4.95. The lowest BCUT2D eigenvalue weighted by Crippen LogP contribution is -2.18. The van der Waals surface area contributed by atoms with Crippen LogP contribution in [0.2, 0.25) is 0 Å². The minimum absolute atomic E-state index is 0.0419. The summed E-state index contributed by atoms with van der Waals surface area (Å²) in [5, 5.41) is 44.2. The van der Waals surface area contributed by atoms with Gasteiger partial charge in [0.1, 0.15) is 17.1 Å². The SMILES string of the molecule is COC(=O)c1ccc(CO)cc1O.O=C(NO)c1ccc(CO)cc1O. The van der Waals surface area contributed by atoms with E-state index in [2.05, 4.69) is 4.74 Å². The Bertz CT molecular complexity index is 710. The van der Waals surface area contributed by atoms with Gasteiger partial charge < -0.3 is 25.2 Å². The number of esters is 1. The molecular weight excluding hydrogens is 346 g/mol. The molecule has 2 aromatic rings. The average molecular weight is 365 g/mol. The molecule has 0 aliphatic rings. The third kappa shape index (κ3) is 5.45. The Morgan fingerprint density at radius 3 is 1.73 bits per heavy atom. The lowest BCUT2D eigenvalue weighted by Gasteiger charge is -2.03. The lowest BCUT2D eigenvalue weighted by molar-refractivity contribution is 0.0597. The molecule has 0 radical (unpaired) electrons. The summed E-state index contributed by atoms with van der Waals surface area (Å²) in [5.41, 5.74) is 2.49. The summed E-state index contributed by atoms with van der Waals surface area (Å²) in [6, 6.07) is 8.33. The molecule has 0 aliphatic heterocycles. The number of hydrogen-bond donors (Lipinski definition) is 6. The van der Waals surface area contributed by atoms with Crippen LogP contribution in [0.25, 0.3) is 0 Å². The van der Waals surface area contributed by atoms with Crippen LogP contribution < -0.4 is 5.48 Å². The number of phenols is 2. The standard InChI is InChI=1S/C9H10O4.C8H9NO4/c1-13-9(12)7-3-2-6(5-10)4-8(7)11;10-4-5-1-2-6(7(11)3-5)8(12)9-13/h2-4,10-11H,5H2,1H3;1-3,10-11,13H,4H2,(H,9,12). The van der Waals surface area contributed by atoms with E-state index in [0.29, 0.717) is 11.1 Å². The second-order valence-corrected chi connectivity index (χ2v) is 4.95. The molecule has 0 atom stereocenters. The Labute approximate surface area is 148 Å². The second kappa shape index (κ2) is 9.99. The Hall–Kier alpha value is -3.14. The number of rotatable bonds is 4. The van der Waals surface area contributed by atoms with E-state index in [0.717, 1.165) is 0 Å². The zero-order valence-corrected chi connectivity index (χ0v) is 13.8. The molecule has 6 N–H and O–H groups in total. The van der Waals surface area contributed by atoms with Crippen molar-refractivity contribution in [1.82, 2.24) is 5.48 Å². The van der Waals surface area contributed by atoms with Crippen molar-refractivity contribution in [2.75, 3.05) is 7.11 Å². The highest BCUT2D eigenvalue weighted by Gasteiger charge is 2.11. The summed E-state index contributed by atoms with van der Waals surface area (Å²) in [4.78, 5) is 21.8. The van der Waals surface area contributed by atoms with Crippen LogP contribution in [0.1, 0.15) is 31.8 Å². The fourth-order valence-corrected chi connectivity index (χ4v) is 1.89. The van der Waals surface area contributed by atoms with Gasteiger partial charge >= 0.3 is 5.97 Å². The molecule has 0 spiro atoms. The summed E-state index contributed by atoms with van der Waals surface area (Å²) < 4.78 is 4.43. The summed E-state index contributed by atoms with van der Waals surface area (Å²) in [6.45, 7) is -0.385. The Kier molecular flexibility index (Phi) is 8.03. The number of phenolic OH excluding ortho intramolecular Hbond substituents is 2. The third-order valence-electron chi connectivity index (χ3n) is 3.24. The summed E-state index contributed by atoms with van der Waals surface area (Å²) in [7, 11) is 1.24. The lowest BCUT2D eigenvalue weighted by atomic mass is 10.1. The van der Waals surface area contributed by atoms with Gasteiger partial charge in [0.05, 0.1) is 25.9 Å². The maximum atomic E-state index is 11.0. The van der Waals surface area contributed by atoms with Gasteiger partial charge in [-0.2, -0.15) is 0 Å². The van der Waals surface area contributed by atoms with Crippen molar-refractivity contribution in [2.24, 2.45) is 0 Å². The number of nitrogens with one attached hydrogen (secondary N) is 1. The summed E-state index contributed by atoms with van der Waals surface area (Å²) in [5.74, 6) is -1.85. The first-order chi connectivity index (χ1) is 12.4. The molecule has 140 valence electrons. The quantitative estimate of drug-likeness (QED) is 0.262. The predicted molar refractivity (Wildman–Crippen MR) is 88.7 cm³/mol. The first-order valence-electron chi connectivity index (χ1n) is 7.26. The third-order valence-corrected chi connectivity index (χ3v) is 3.24. The molecule has 0 aromatic heterocycles. The zero-order valence-electron chi connectivity index (χ0n) is 13.8. The number of aliphatic hydroxyl groups is 2. The molecule has 9 heteroatoms. The number of hydrogen-bond acceptors (Lipinski definition) is 8. The van der Waals surface area contributed by atoms with E-state index in [1.54, 1.807) is 6.07 Å². The van der Waals surface area contributed by atoms with Crippen molar-refractivity contribution in [1.29, 1.82) is 0 Å². The Morgan fingerprint density at radius 1 is 0.923 bits per heavy atom. The van der Waals surface area contributed by atoms with Crippen molar-refractivity contribution in [3.63, 3.8) is 0 Å². The normalized spacial score (nSPS) is 9.69. The highest BCUT2D eigenvalue weighted by atomic mass is 16.5. The van der Waals surface area contributed by atoms with Crippen molar-refractivity contribution < 1.29 is 40.0 Å². The molecule has 0 heterocycles. The van der Waals surface area contributed by atoms with Crippen LogP contribution in [-0.4, -0.2) is 44.6 Å². The molecule has 26 heavy (non-hydrogen) atoms. The van der Waals surface area contributed by atoms with Crippen molar-refractivity contribution in [3.8, 4) is 11.5 Å². The molecule has 1 amide bonds.